The third kappa shape index (κ3) is 5.05. The molecule has 1 aromatic carbocycles. The Bertz CT molecular complexity index is 427. The fourth-order valence-electron chi connectivity index (χ4n) is 1.15. The van der Waals surface area contributed by atoms with Gasteiger partial charge < -0.3 is 10.5 Å². The maximum atomic E-state index is 11.3. The topological polar surface area (TPSA) is 64.3 Å². The predicted molar refractivity (Wildman–Crippen MR) is 67.6 cm³/mol. The standard InChI is InChI=1S/C13H16N2O2/c1-10(2)17-13(16)15-12-7-5-11(6-8-12)4-3-9-14/h5-8,10H,9,14H2,1-2H3,(H,15,16). The molecule has 0 radical (unpaired) electrons. The second-order valence-corrected chi connectivity index (χ2v) is 3.66. The number of anilines is 1. The molecule has 1 aromatic rings. The molecule has 0 aliphatic rings. The van der Waals surface area contributed by atoms with E-state index in [4.69, 9.17) is 10.5 Å². The minimum Gasteiger partial charge on any atom is -0.447 e. The number of nitrogens with two attached hydrogens (primary N) is 1. The van der Waals surface area contributed by atoms with Gasteiger partial charge in [-0.2, -0.15) is 0 Å². The Labute approximate surface area is 101 Å². The third-order valence-corrected chi connectivity index (χ3v) is 1.81. The summed E-state index contributed by atoms with van der Waals surface area (Å²) in [6.07, 6.45) is -0.592. The van der Waals surface area contributed by atoms with Crippen LogP contribution in [0.3, 0.4) is 0 Å². The van der Waals surface area contributed by atoms with Crippen LogP contribution in [-0.4, -0.2) is 18.7 Å². The average Bonchev–Trinajstić information content (AvgIpc) is 2.27. The summed E-state index contributed by atoms with van der Waals surface area (Å²) < 4.78 is 4.95. The van der Waals surface area contributed by atoms with E-state index >= 15 is 0 Å². The summed E-state index contributed by atoms with van der Waals surface area (Å²) in [5, 5.41) is 2.62. The monoisotopic (exact) mass is 232 g/mol. The number of benzene rings is 1. The van der Waals surface area contributed by atoms with Crippen LogP contribution in [0.15, 0.2) is 24.3 Å². The second kappa shape index (κ2) is 6.56. The number of carbonyl (C=O) groups is 1. The lowest BCUT2D eigenvalue weighted by Gasteiger charge is -2.09. The van der Waals surface area contributed by atoms with Gasteiger partial charge in [0.25, 0.3) is 0 Å². The third-order valence-electron chi connectivity index (χ3n) is 1.81. The molecule has 4 nitrogen and oxygen atoms in total. The number of nitrogens with one attached hydrogen (secondary N) is 1. The first kappa shape index (κ1) is 13.1. The smallest absolute Gasteiger partial charge is 0.411 e. The minimum atomic E-state index is -0.458. The van der Waals surface area contributed by atoms with Crippen molar-refractivity contribution in [2.75, 3.05) is 11.9 Å². The van der Waals surface area contributed by atoms with Crippen LogP contribution in [0.25, 0.3) is 0 Å². The highest BCUT2D eigenvalue weighted by atomic mass is 16.6. The normalized spacial score (nSPS) is 9.41. The maximum absolute atomic E-state index is 11.3. The Morgan fingerprint density at radius 3 is 2.59 bits per heavy atom. The Balaban J connectivity index is 2.59. The van der Waals surface area contributed by atoms with E-state index in [2.05, 4.69) is 17.2 Å². The number of hydrogen-bond donors (Lipinski definition) is 2. The van der Waals surface area contributed by atoms with Crippen molar-refractivity contribution in [2.45, 2.75) is 20.0 Å². The van der Waals surface area contributed by atoms with E-state index in [0.29, 0.717) is 12.2 Å². The Morgan fingerprint density at radius 1 is 1.41 bits per heavy atom. The lowest BCUT2D eigenvalue weighted by Crippen LogP contribution is -2.17. The van der Waals surface area contributed by atoms with Crippen molar-refractivity contribution >= 4 is 11.8 Å². The van der Waals surface area contributed by atoms with Crippen molar-refractivity contribution < 1.29 is 9.53 Å². The summed E-state index contributed by atoms with van der Waals surface area (Å²) in [7, 11) is 0. The van der Waals surface area contributed by atoms with Gasteiger partial charge in [-0.25, -0.2) is 4.79 Å². The maximum Gasteiger partial charge on any atom is 0.411 e. The first-order chi connectivity index (χ1) is 8.11. The summed E-state index contributed by atoms with van der Waals surface area (Å²) in [6, 6.07) is 7.16. The summed E-state index contributed by atoms with van der Waals surface area (Å²) in [5.74, 6) is 5.65. The molecular formula is C13H16N2O2. The zero-order chi connectivity index (χ0) is 12.7. The van der Waals surface area contributed by atoms with Crippen LogP contribution in [0.4, 0.5) is 10.5 Å². The molecule has 1 rings (SSSR count). The van der Waals surface area contributed by atoms with Crippen LogP contribution in [-0.2, 0) is 4.74 Å². The van der Waals surface area contributed by atoms with Crippen molar-refractivity contribution in [1.29, 1.82) is 0 Å². The minimum absolute atomic E-state index is 0.135. The van der Waals surface area contributed by atoms with Gasteiger partial charge >= 0.3 is 6.09 Å². The molecule has 0 heterocycles. The highest BCUT2D eigenvalue weighted by molar-refractivity contribution is 5.84. The van der Waals surface area contributed by atoms with Crippen molar-refractivity contribution in [1.82, 2.24) is 0 Å². The lowest BCUT2D eigenvalue weighted by atomic mass is 10.2. The van der Waals surface area contributed by atoms with Crippen LogP contribution in [0.1, 0.15) is 19.4 Å². The Kier molecular flexibility index (Phi) is 5.05. The fourth-order valence-corrected chi connectivity index (χ4v) is 1.15. The Hall–Kier alpha value is -1.99. The van der Waals surface area contributed by atoms with E-state index in [1.165, 1.54) is 0 Å². The van der Waals surface area contributed by atoms with Crippen molar-refractivity contribution in [2.24, 2.45) is 5.73 Å². The van der Waals surface area contributed by atoms with E-state index in [1.807, 2.05) is 12.1 Å². The van der Waals surface area contributed by atoms with E-state index < -0.39 is 6.09 Å². The largest absolute Gasteiger partial charge is 0.447 e. The first-order valence-electron chi connectivity index (χ1n) is 5.38. The number of hydrogen-bond acceptors (Lipinski definition) is 3. The summed E-state index contributed by atoms with van der Waals surface area (Å²) >= 11 is 0. The molecule has 17 heavy (non-hydrogen) atoms. The molecular weight excluding hydrogens is 216 g/mol. The van der Waals surface area contributed by atoms with E-state index in [9.17, 15) is 4.79 Å². The summed E-state index contributed by atoms with van der Waals surface area (Å²) in [6.45, 7) is 3.93. The molecule has 0 bridgehead atoms. The van der Waals surface area contributed by atoms with Gasteiger partial charge in [-0.15, -0.1) is 0 Å². The molecule has 1 amide bonds. The first-order valence-corrected chi connectivity index (χ1v) is 5.38. The van der Waals surface area contributed by atoms with Gasteiger partial charge in [0, 0.05) is 11.3 Å². The zero-order valence-corrected chi connectivity index (χ0v) is 9.99. The fraction of sp³-hybridized carbons (Fsp3) is 0.308. The SMILES string of the molecule is CC(C)OC(=O)Nc1ccc(C#CCN)cc1. The van der Waals surface area contributed by atoms with Crippen molar-refractivity contribution in [3.63, 3.8) is 0 Å². The molecule has 0 aliphatic carbocycles. The molecule has 4 heteroatoms. The number of ether oxygens (including phenoxy) is 1. The molecule has 0 unspecified atom stereocenters. The highest BCUT2D eigenvalue weighted by Gasteiger charge is 2.04. The molecule has 0 atom stereocenters. The quantitative estimate of drug-likeness (QED) is 0.766. The summed E-state index contributed by atoms with van der Waals surface area (Å²) in [5.41, 5.74) is 6.81. The average molecular weight is 232 g/mol. The zero-order valence-electron chi connectivity index (χ0n) is 9.99. The Morgan fingerprint density at radius 2 is 2.06 bits per heavy atom. The van der Waals surface area contributed by atoms with E-state index in [0.717, 1.165) is 5.56 Å². The van der Waals surface area contributed by atoms with Crippen molar-refractivity contribution in [3.05, 3.63) is 29.8 Å². The van der Waals surface area contributed by atoms with Crippen LogP contribution in [0.5, 0.6) is 0 Å². The molecule has 0 saturated heterocycles. The van der Waals surface area contributed by atoms with Gasteiger partial charge in [0.1, 0.15) is 0 Å². The summed E-state index contributed by atoms with van der Waals surface area (Å²) in [4.78, 5) is 11.3. The van der Waals surface area contributed by atoms with E-state index in [1.54, 1.807) is 26.0 Å². The number of carbonyl (C=O) groups excluding carboxylic acids is 1. The number of amides is 1. The second-order valence-electron chi connectivity index (χ2n) is 3.66. The van der Waals surface area contributed by atoms with Crippen LogP contribution in [0.2, 0.25) is 0 Å². The predicted octanol–water partition coefficient (Wildman–Crippen LogP) is 1.95. The van der Waals surface area contributed by atoms with Crippen LogP contribution < -0.4 is 11.1 Å². The lowest BCUT2D eigenvalue weighted by molar-refractivity contribution is 0.130. The highest BCUT2D eigenvalue weighted by Crippen LogP contribution is 2.09. The van der Waals surface area contributed by atoms with Crippen molar-refractivity contribution in [3.8, 4) is 11.8 Å². The molecule has 3 N–H and O–H groups in total. The van der Waals surface area contributed by atoms with E-state index in [-0.39, 0.29) is 6.10 Å². The molecule has 0 saturated carbocycles. The van der Waals surface area contributed by atoms with Crippen LogP contribution in [0, 0.1) is 11.8 Å². The van der Waals surface area contributed by atoms with Gasteiger partial charge in [-0.3, -0.25) is 5.32 Å². The molecule has 0 fully saturated rings. The van der Waals surface area contributed by atoms with Gasteiger partial charge in [-0.05, 0) is 38.1 Å². The van der Waals surface area contributed by atoms with Gasteiger partial charge in [0.15, 0.2) is 0 Å². The molecule has 0 aliphatic heterocycles. The van der Waals surface area contributed by atoms with Gasteiger partial charge in [0.2, 0.25) is 0 Å². The number of rotatable bonds is 2. The molecule has 0 spiro atoms. The molecule has 90 valence electrons. The van der Waals surface area contributed by atoms with Crippen LogP contribution >= 0.6 is 0 Å². The van der Waals surface area contributed by atoms with Gasteiger partial charge in [-0.1, -0.05) is 11.8 Å². The molecule has 0 aromatic heterocycles. The van der Waals surface area contributed by atoms with Gasteiger partial charge in [0.05, 0.1) is 12.6 Å².